The minimum atomic E-state index is 0.861. The largest absolute Gasteiger partial charge is 0.341 e. The van der Waals surface area contributed by atoms with Crippen molar-refractivity contribution in [2.75, 3.05) is 13.6 Å². The average Bonchev–Trinajstić information content (AvgIpc) is 2.85. The van der Waals surface area contributed by atoms with Crippen LogP contribution in [0, 0.1) is 0 Å². The Balaban J connectivity index is 0.000000659. The highest BCUT2D eigenvalue weighted by atomic mass is 15.1. The fourth-order valence-electron chi connectivity index (χ4n) is 1.68. The van der Waals surface area contributed by atoms with Crippen molar-refractivity contribution in [1.29, 1.82) is 0 Å². The van der Waals surface area contributed by atoms with E-state index in [1.165, 1.54) is 11.4 Å². The van der Waals surface area contributed by atoms with Gasteiger partial charge in [-0.25, -0.2) is 4.98 Å². The van der Waals surface area contributed by atoms with Gasteiger partial charge in [0.05, 0.1) is 11.4 Å². The van der Waals surface area contributed by atoms with Crippen LogP contribution in [0.1, 0.15) is 44.9 Å². The number of likely N-dealkylation sites (N-methyl/N-ethyl adjacent to an activating group) is 1. The van der Waals surface area contributed by atoms with Gasteiger partial charge in [-0.2, -0.15) is 0 Å². The molecule has 1 aliphatic rings. The summed E-state index contributed by atoms with van der Waals surface area (Å²) in [6, 6.07) is 0. The second-order valence-electron chi connectivity index (χ2n) is 3.73. The summed E-state index contributed by atoms with van der Waals surface area (Å²) in [5.74, 6) is 0.861. The molecule has 0 radical (unpaired) electrons. The van der Waals surface area contributed by atoms with Gasteiger partial charge < -0.3 is 9.88 Å². The maximum absolute atomic E-state index is 4.50. The van der Waals surface area contributed by atoms with Crippen LogP contribution in [0.3, 0.4) is 0 Å². The number of nitrogens with zero attached hydrogens (tertiary/aromatic N) is 2. The number of hydrogen-bond donors (Lipinski definition) is 1. The molecule has 0 atom stereocenters. The third-order valence-corrected chi connectivity index (χ3v) is 2.57. The van der Waals surface area contributed by atoms with Gasteiger partial charge in [0.2, 0.25) is 0 Å². The highest BCUT2D eigenvalue weighted by Gasteiger charge is 2.17. The van der Waals surface area contributed by atoms with E-state index in [1.54, 1.807) is 6.08 Å². The van der Waals surface area contributed by atoms with E-state index in [0.717, 1.165) is 30.9 Å². The van der Waals surface area contributed by atoms with Gasteiger partial charge in [0.1, 0.15) is 5.82 Å². The summed E-state index contributed by atoms with van der Waals surface area (Å²) in [6.45, 7) is 17.6. The van der Waals surface area contributed by atoms with Gasteiger partial charge in [0.15, 0.2) is 0 Å². The standard InChI is InChI=1S/C11H15N3.2C2H6/c1-4-8(2)11-12-9-5-6-14(3)7-10(9)13-11;2*1-2/h4H,1-2,5-7H2,3H3,(H,12,13);2*1-2H3. The monoisotopic (exact) mass is 249 g/mol. The zero-order chi connectivity index (χ0) is 14.1. The van der Waals surface area contributed by atoms with Crippen molar-refractivity contribution < 1.29 is 0 Å². The summed E-state index contributed by atoms with van der Waals surface area (Å²) in [6.07, 6.45) is 2.75. The van der Waals surface area contributed by atoms with Crippen LogP contribution in [0.25, 0.3) is 5.57 Å². The topological polar surface area (TPSA) is 31.9 Å². The second kappa shape index (κ2) is 8.70. The molecule has 0 aromatic carbocycles. The Hall–Kier alpha value is -1.35. The Morgan fingerprint density at radius 2 is 1.94 bits per heavy atom. The molecule has 1 aromatic rings. The van der Waals surface area contributed by atoms with Gasteiger partial charge in [0.25, 0.3) is 0 Å². The number of rotatable bonds is 2. The molecule has 102 valence electrons. The zero-order valence-corrected chi connectivity index (χ0v) is 12.5. The molecule has 0 bridgehead atoms. The lowest BCUT2D eigenvalue weighted by Crippen LogP contribution is -2.26. The van der Waals surface area contributed by atoms with Crippen LogP contribution in [-0.4, -0.2) is 28.5 Å². The first kappa shape index (κ1) is 16.6. The Morgan fingerprint density at radius 3 is 2.50 bits per heavy atom. The molecule has 0 unspecified atom stereocenters. The van der Waals surface area contributed by atoms with Gasteiger partial charge in [-0.15, -0.1) is 0 Å². The lowest BCUT2D eigenvalue weighted by atomic mass is 10.2. The van der Waals surface area contributed by atoms with Crippen molar-refractivity contribution in [2.45, 2.75) is 40.7 Å². The fourth-order valence-corrected chi connectivity index (χ4v) is 1.68. The fraction of sp³-hybridized carbons (Fsp3) is 0.533. The number of imidazole rings is 1. The molecule has 2 heterocycles. The van der Waals surface area contributed by atoms with Crippen LogP contribution in [-0.2, 0) is 13.0 Å². The average molecular weight is 249 g/mol. The molecule has 18 heavy (non-hydrogen) atoms. The molecule has 0 aliphatic carbocycles. The van der Waals surface area contributed by atoms with Gasteiger partial charge in [0, 0.05) is 25.1 Å². The number of H-pyrrole nitrogens is 1. The van der Waals surface area contributed by atoms with Gasteiger partial charge in [-0.05, 0) is 7.05 Å². The van der Waals surface area contributed by atoms with E-state index in [9.17, 15) is 0 Å². The highest BCUT2D eigenvalue weighted by molar-refractivity contribution is 5.66. The van der Waals surface area contributed by atoms with E-state index in [-0.39, 0.29) is 0 Å². The van der Waals surface area contributed by atoms with Crippen LogP contribution in [0.2, 0.25) is 0 Å². The van der Waals surface area contributed by atoms with Gasteiger partial charge in [-0.3, -0.25) is 0 Å². The van der Waals surface area contributed by atoms with Crippen LogP contribution in [0.15, 0.2) is 19.2 Å². The van der Waals surface area contributed by atoms with Crippen molar-refractivity contribution in [1.82, 2.24) is 14.9 Å². The third-order valence-electron chi connectivity index (χ3n) is 2.57. The van der Waals surface area contributed by atoms with Crippen molar-refractivity contribution in [3.05, 3.63) is 36.4 Å². The van der Waals surface area contributed by atoms with Crippen molar-refractivity contribution in [3.63, 3.8) is 0 Å². The summed E-state index contributed by atoms with van der Waals surface area (Å²) >= 11 is 0. The van der Waals surface area contributed by atoms with Crippen LogP contribution in [0.4, 0.5) is 0 Å². The molecule has 1 N–H and O–H groups in total. The van der Waals surface area contributed by atoms with E-state index in [2.05, 4.69) is 35.1 Å². The Kier molecular flexibility index (Phi) is 8.05. The molecule has 3 nitrogen and oxygen atoms in total. The first-order chi connectivity index (χ1) is 8.70. The number of allylic oxidation sites excluding steroid dienone is 2. The predicted octanol–water partition coefficient (Wildman–Crippen LogP) is 3.65. The molecule has 1 aromatic heterocycles. The van der Waals surface area contributed by atoms with E-state index < -0.39 is 0 Å². The summed E-state index contributed by atoms with van der Waals surface area (Å²) in [7, 11) is 2.12. The van der Waals surface area contributed by atoms with Crippen molar-refractivity contribution >= 4 is 5.57 Å². The predicted molar refractivity (Wildman–Crippen MR) is 80.6 cm³/mol. The summed E-state index contributed by atoms with van der Waals surface area (Å²) in [5.41, 5.74) is 3.26. The minimum Gasteiger partial charge on any atom is -0.341 e. The van der Waals surface area contributed by atoms with Crippen LogP contribution in [0.5, 0.6) is 0 Å². The maximum atomic E-state index is 4.50. The molecular weight excluding hydrogens is 222 g/mol. The van der Waals surface area contributed by atoms with Crippen molar-refractivity contribution in [2.24, 2.45) is 0 Å². The van der Waals surface area contributed by atoms with E-state index in [1.807, 2.05) is 27.7 Å². The Morgan fingerprint density at radius 1 is 1.33 bits per heavy atom. The minimum absolute atomic E-state index is 0.861. The third kappa shape index (κ3) is 4.15. The molecule has 1 aliphatic heterocycles. The summed E-state index contributed by atoms with van der Waals surface area (Å²) in [4.78, 5) is 10.1. The number of aromatic amines is 1. The van der Waals surface area contributed by atoms with Crippen molar-refractivity contribution in [3.8, 4) is 0 Å². The normalized spacial score (nSPS) is 13.4. The lowest BCUT2D eigenvalue weighted by molar-refractivity contribution is 0.307. The van der Waals surface area contributed by atoms with Gasteiger partial charge >= 0.3 is 0 Å². The van der Waals surface area contributed by atoms with Gasteiger partial charge in [-0.1, -0.05) is 46.9 Å². The lowest BCUT2D eigenvalue weighted by Gasteiger charge is -2.20. The molecule has 0 fully saturated rings. The summed E-state index contributed by atoms with van der Waals surface area (Å²) in [5, 5.41) is 0. The van der Waals surface area contributed by atoms with E-state index >= 15 is 0 Å². The number of hydrogen-bond acceptors (Lipinski definition) is 2. The van der Waals surface area contributed by atoms with Crippen LogP contribution >= 0.6 is 0 Å². The number of nitrogens with one attached hydrogen (secondary N) is 1. The van der Waals surface area contributed by atoms with E-state index in [0.29, 0.717) is 0 Å². The second-order valence-corrected chi connectivity index (χ2v) is 3.73. The van der Waals surface area contributed by atoms with E-state index in [4.69, 9.17) is 0 Å². The quantitative estimate of drug-likeness (QED) is 0.811. The number of fused-ring (bicyclic) bond motifs is 1. The zero-order valence-electron chi connectivity index (χ0n) is 12.5. The molecule has 2 rings (SSSR count). The molecule has 3 heteroatoms. The first-order valence-corrected chi connectivity index (χ1v) is 6.78. The first-order valence-electron chi connectivity index (χ1n) is 6.78. The number of aromatic nitrogens is 2. The Labute approximate surface area is 112 Å². The molecule has 0 amide bonds. The molecule has 0 spiro atoms. The Bertz CT molecular complexity index is 377. The highest BCUT2D eigenvalue weighted by Crippen LogP contribution is 2.18. The summed E-state index contributed by atoms with van der Waals surface area (Å²) < 4.78 is 0. The molecule has 0 saturated carbocycles. The smallest absolute Gasteiger partial charge is 0.137 e. The maximum Gasteiger partial charge on any atom is 0.137 e. The molecule has 0 saturated heterocycles. The molecular formula is C15H27N3. The SMILES string of the molecule is C=CC(=C)c1nc2c([nH]1)CN(C)CC2.CC.CC. The van der Waals surface area contributed by atoms with Crippen LogP contribution < -0.4 is 0 Å².